The zero-order valence-corrected chi connectivity index (χ0v) is 28.6. The lowest BCUT2D eigenvalue weighted by atomic mass is 10.0. The molecule has 0 aliphatic heterocycles. The van der Waals surface area contributed by atoms with Crippen LogP contribution < -0.4 is 30.0 Å². The summed E-state index contributed by atoms with van der Waals surface area (Å²) in [4.78, 5) is 8.25. The molecule has 0 saturated heterocycles. The second kappa shape index (κ2) is 14.2. The number of benzene rings is 4. The number of methoxy groups -OCH3 is 2. The van der Waals surface area contributed by atoms with Crippen molar-refractivity contribution in [2.45, 2.75) is 16.3 Å². The first kappa shape index (κ1) is 35.0. The van der Waals surface area contributed by atoms with Gasteiger partial charge in [0.1, 0.15) is 28.0 Å². The summed E-state index contributed by atoms with van der Waals surface area (Å²) in [6.07, 6.45) is 1.48. The zero-order valence-electron chi connectivity index (χ0n) is 27.0. The summed E-state index contributed by atoms with van der Waals surface area (Å²) in [7, 11) is -5.57. The molecule has 6 aromatic rings. The summed E-state index contributed by atoms with van der Waals surface area (Å²) in [5.74, 6) is -1.06. The fourth-order valence-electron chi connectivity index (χ4n) is 5.16. The molecule has 0 atom stereocenters. The summed E-state index contributed by atoms with van der Waals surface area (Å²) < 4.78 is 90.8. The van der Waals surface area contributed by atoms with Crippen molar-refractivity contribution in [3.05, 3.63) is 120 Å². The van der Waals surface area contributed by atoms with Crippen molar-refractivity contribution in [3.63, 3.8) is 0 Å². The second-order valence-electron chi connectivity index (χ2n) is 11.2. The Labute approximate surface area is 292 Å². The van der Waals surface area contributed by atoms with Gasteiger partial charge in [-0.25, -0.2) is 40.7 Å². The largest absolute Gasteiger partial charge is 0.497 e. The maximum atomic E-state index is 14.4. The van der Waals surface area contributed by atoms with E-state index in [4.69, 9.17) is 19.6 Å². The number of nitrogens with two attached hydrogens (primary N) is 1. The number of nitrogens with zero attached hydrogens (tertiary/aromatic N) is 2. The molecule has 0 fully saturated rings. The number of nitrogens with one attached hydrogen (secondary N) is 3. The Morgan fingerprint density at radius 2 is 1.59 bits per heavy atom. The van der Waals surface area contributed by atoms with Crippen LogP contribution in [0.3, 0.4) is 0 Å². The Bertz CT molecular complexity index is 2480. The van der Waals surface area contributed by atoms with Gasteiger partial charge in [0.15, 0.2) is 5.82 Å². The summed E-state index contributed by atoms with van der Waals surface area (Å²) in [6, 6.07) is 24.3. The third kappa shape index (κ3) is 7.98. The van der Waals surface area contributed by atoms with Gasteiger partial charge in [0, 0.05) is 35.4 Å². The van der Waals surface area contributed by atoms with Crippen molar-refractivity contribution in [2.24, 2.45) is 5.14 Å². The third-order valence-electron chi connectivity index (χ3n) is 7.68. The predicted octanol–water partition coefficient (Wildman–Crippen LogP) is 6.40. The van der Waals surface area contributed by atoms with E-state index >= 15 is 0 Å². The molecule has 4 aromatic carbocycles. The van der Waals surface area contributed by atoms with Crippen LogP contribution in [0.5, 0.6) is 11.6 Å². The fourth-order valence-corrected chi connectivity index (χ4v) is 6.83. The average Bonchev–Trinajstić information content (AvgIpc) is 3.10. The Morgan fingerprint density at radius 1 is 0.804 bits per heavy atom. The number of hydrogen-bond acceptors (Lipinski definition) is 10. The molecule has 2 aromatic heterocycles. The van der Waals surface area contributed by atoms with E-state index in [0.717, 1.165) is 17.7 Å². The van der Waals surface area contributed by atoms with Gasteiger partial charge in [-0.1, -0.05) is 24.3 Å². The summed E-state index contributed by atoms with van der Waals surface area (Å²) in [5, 5.41) is 12.6. The normalized spacial score (nSPS) is 11.6. The van der Waals surface area contributed by atoms with Gasteiger partial charge >= 0.3 is 0 Å². The number of ether oxygens (including phenoxy) is 2. The molecule has 16 heteroatoms. The minimum absolute atomic E-state index is 0.0723. The van der Waals surface area contributed by atoms with Gasteiger partial charge in [0.25, 0.3) is 10.0 Å². The molecule has 0 spiro atoms. The molecule has 2 heterocycles. The lowest BCUT2D eigenvalue weighted by Gasteiger charge is -2.16. The Morgan fingerprint density at radius 3 is 2.29 bits per heavy atom. The fraction of sp³-hybridized carbons (Fsp3) is 0.0857. The molecule has 6 rings (SSSR count). The smallest absolute Gasteiger partial charge is 0.264 e. The highest BCUT2D eigenvalue weighted by Crippen LogP contribution is 2.34. The first-order chi connectivity index (χ1) is 24.3. The van der Waals surface area contributed by atoms with Gasteiger partial charge in [0.05, 0.1) is 30.3 Å². The van der Waals surface area contributed by atoms with Crippen LogP contribution in [0.15, 0.2) is 113 Å². The van der Waals surface area contributed by atoms with Crippen molar-refractivity contribution in [1.29, 1.82) is 0 Å². The standard InChI is InChI=1S/C35H30F2N6O6S2/c1-48-27-10-6-21(7-11-27)19-39-34-31(41-26-4-3-5-28(18-26)50(38,44)45)15-23-14-22(8-12-30(23)42-34)24-16-32(35(49-2)40-20-24)43-51(46,47)33-13-9-25(36)17-29(33)37/h3-18,20,41,43H,19H2,1-2H3,(H,39,42)(H2,38,44,45). The molecule has 0 aliphatic rings. The number of aromatic nitrogens is 2. The number of pyridine rings is 2. The van der Waals surface area contributed by atoms with Crippen LogP contribution in [0.1, 0.15) is 5.56 Å². The van der Waals surface area contributed by atoms with E-state index in [1.807, 2.05) is 36.4 Å². The molecule has 0 saturated carbocycles. The molecule has 0 radical (unpaired) electrons. The van der Waals surface area contributed by atoms with Crippen molar-refractivity contribution in [1.82, 2.24) is 9.97 Å². The monoisotopic (exact) mass is 732 g/mol. The van der Waals surface area contributed by atoms with Crippen molar-refractivity contribution >= 4 is 53.8 Å². The van der Waals surface area contributed by atoms with E-state index in [9.17, 15) is 25.6 Å². The quantitative estimate of drug-likeness (QED) is 0.110. The lowest BCUT2D eigenvalue weighted by molar-refractivity contribution is 0.400. The molecule has 0 bridgehead atoms. The molecule has 12 nitrogen and oxygen atoms in total. The van der Waals surface area contributed by atoms with Gasteiger partial charge in [0.2, 0.25) is 15.9 Å². The molecule has 51 heavy (non-hydrogen) atoms. The average molecular weight is 733 g/mol. The van der Waals surface area contributed by atoms with Gasteiger partial charge in [-0.15, -0.1) is 0 Å². The van der Waals surface area contributed by atoms with Crippen molar-refractivity contribution < 1.29 is 35.1 Å². The maximum absolute atomic E-state index is 14.4. The minimum atomic E-state index is -4.50. The van der Waals surface area contributed by atoms with Gasteiger partial charge in [-0.2, -0.15) is 0 Å². The van der Waals surface area contributed by atoms with Crippen LogP contribution in [-0.4, -0.2) is 41.0 Å². The Balaban J connectivity index is 1.37. The molecule has 0 aliphatic carbocycles. The van der Waals surface area contributed by atoms with Crippen LogP contribution in [0.4, 0.5) is 31.7 Å². The van der Waals surface area contributed by atoms with Crippen molar-refractivity contribution in [2.75, 3.05) is 29.6 Å². The highest BCUT2D eigenvalue weighted by atomic mass is 32.2. The van der Waals surface area contributed by atoms with Gasteiger partial charge in [-0.05, 0) is 77.9 Å². The second-order valence-corrected chi connectivity index (χ2v) is 14.4. The molecule has 5 N–H and O–H groups in total. The Kier molecular flexibility index (Phi) is 9.73. The van der Waals surface area contributed by atoms with Gasteiger partial charge < -0.3 is 20.1 Å². The Hall–Kier alpha value is -5.84. The lowest BCUT2D eigenvalue weighted by Crippen LogP contribution is -2.15. The van der Waals surface area contributed by atoms with Crippen LogP contribution in [0.2, 0.25) is 0 Å². The summed E-state index contributed by atoms with van der Waals surface area (Å²) >= 11 is 0. The van der Waals surface area contributed by atoms with E-state index < -0.39 is 36.6 Å². The maximum Gasteiger partial charge on any atom is 0.264 e. The molecular formula is C35H30F2N6O6S2. The SMILES string of the molecule is COc1ccc(CNc2nc3ccc(-c4cnc(OC)c(NS(=O)(=O)c5ccc(F)cc5F)c4)cc3cc2Nc2cccc(S(N)(=O)=O)c2)cc1. The highest BCUT2D eigenvalue weighted by molar-refractivity contribution is 7.92. The number of rotatable bonds is 12. The number of fused-ring (bicyclic) bond motifs is 1. The number of primary sulfonamides is 1. The number of sulfonamides is 2. The molecule has 262 valence electrons. The van der Waals surface area contributed by atoms with Crippen LogP contribution in [-0.2, 0) is 26.6 Å². The van der Waals surface area contributed by atoms with E-state index in [0.29, 0.717) is 57.6 Å². The molecular weight excluding hydrogens is 703 g/mol. The number of hydrogen-bond donors (Lipinski definition) is 4. The first-order valence-corrected chi connectivity index (χ1v) is 18.1. The van der Waals surface area contributed by atoms with Crippen LogP contribution in [0, 0.1) is 11.6 Å². The van der Waals surface area contributed by atoms with Crippen LogP contribution >= 0.6 is 0 Å². The van der Waals surface area contributed by atoms with E-state index in [-0.39, 0.29) is 16.5 Å². The topological polar surface area (TPSA) is 175 Å². The number of anilines is 4. The number of halogens is 2. The highest BCUT2D eigenvalue weighted by Gasteiger charge is 2.22. The first-order valence-electron chi connectivity index (χ1n) is 15.1. The molecule has 0 amide bonds. The van der Waals surface area contributed by atoms with Crippen molar-refractivity contribution in [3.8, 4) is 22.8 Å². The van der Waals surface area contributed by atoms with E-state index in [2.05, 4.69) is 20.3 Å². The zero-order chi connectivity index (χ0) is 36.3. The summed E-state index contributed by atoms with van der Waals surface area (Å²) in [6.45, 7) is 0.407. The van der Waals surface area contributed by atoms with E-state index in [1.54, 1.807) is 31.4 Å². The third-order valence-corrected chi connectivity index (χ3v) is 9.99. The van der Waals surface area contributed by atoms with Crippen LogP contribution in [0.25, 0.3) is 22.0 Å². The van der Waals surface area contributed by atoms with E-state index in [1.165, 1.54) is 31.5 Å². The predicted molar refractivity (Wildman–Crippen MR) is 190 cm³/mol. The van der Waals surface area contributed by atoms with Gasteiger partial charge in [-0.3, -0.25) is 4.72 Å². The molecule has 0 unspecified atom stereocenters. The minimum Gasteiger partial charge on any atom is -0.497 e. The summed E-state index contributed by atoms with van der Waals surface area (Å²) in [5.41, 5.74) is 3.54.